The van der Waals surface area contributed by atoms with Gasteiger partial charge < -0.3 is 11.1 Å². The summed E-state index contributed by atoms with van der Waals surface area (Å²) in [5.74, 6) is 0.660. The van der Waals surface area contributed by atoms with Gasteiger partial charge in [-0.05, 0) is 38.5 Å². The Bertz CT molecular complexity index is 656. The number of nitrogens with two attached hydrogens (primary N) is 1. The Labute approximate surface area is 129 Å². The standard InChI is InChI=1S/C15H21FN6/c1-15(2,3)20-14(17)18-8-13-19-10-22(21-13)9-11-5-4-6-12(16)7-11/h4-7,10H,8-9H2,1-3H3,(H3,17,18,20). The molecule has 0 bridgehead atoms. The van der Waals surface area contributed by atoms with Crippen LogP contribution in [0.2, 0.25) is 0 Å². The Morgan fingerprint density at radius 1 is 1.41 bits per heavy atom. The summed E-state index contributed by atoms with van der Waals surface area (Å²) in [4.78, 5) is 8.37. The van der Waals surface area contributed by atoms with Crippen molar-refractivity contribution in [1.82, 2.24) is 20.1 Å². The highest BCUT2D eigenvalue weighted by atomic mass is 19.1. The molecule has 118 valence electrons. The zero-order valence-electron chi connectivity index (χ0n) is 13.0. The first-order valence-electron chi connectivity index (χ1n) is 7.03. The van der Waals surface area contributed by atoms with Crippen molar-refractivity contribution in [2.24, 2.45) is 10.7 Å². The van der Waals surface area contributed by atoms with E-state index in [1.54, 1.807) is 17.1 Å². The number of nitrogens with zero attached hydrogens (tertiary/aromatic N) is 4. The summed E-state index contributed by atoms with van der Waals surface area (Å²) >= 11 is 0. The van der Waals surface area contributed by atoms with E-state index in [2.05, 4.69) is 20.4 Å². The van der Waals surface area contributed by atoms with Crippen molar-refractivity contribution in [1.29, 1.82) is 0 Å². The van der Waals surface area contributed by atoms with E-state index in [1.165, 1.54) is 12.1 Å². The van der Waals surface area contributed by atoms with Crippen LogP contribution >= 0.6 is 0 Å². The van der Waals surface area contributed by atoms with E-state index in [0.717, 1.165) is 5.56 Å². The van der Waals surface area contributed by atoms with Crippen molar-refractivity contribution in [2.75, 3.05) is 0 Å². The summed E-state index contributed by atoms with van der Waals surface area (Å²) in [6, 6.07) is 6.40. The van der Waals surface area contributed by atoms with Crippen molar-refractivity contribution in [3.63, 3.8) is 0 Å². The average molecular weight is 304 g/mol. The number of rotatable bonds is 4. The summed E-state index contributed by atoms with van der Waals surface area (Å²) in [5.41, 5.74) is 6.48. The topological polar surface area (TPSA) is 81.1 Å². The van der Waals surface area contributed by atoms with Gasteiger partial charge in [0.05, 0.1) is 6.54 Å². The molecule has 2 aromatic rings. The molecule has 0 unspecified atom stereocenters. The molecular formula is C15H21FN6. The van der Waals surface area contributed by atoms with Gasteiger partial charge in [0.25, 0.3) is 0 Å². The average Bonchev–Trinajstić information content (AvgIpc) is 2.82. The maximum atomic E-state index is 13.1. The highest BCUT2D eigenvalue weighted by Gasteiger charge is 2.10. The van der Waals surface area contributed by atoms with Gasteiger partial charge in [-0.25, -0.2) is 19.0 Å². The number of nitrogens with one attached hydrogen (secondary N) is 1. The predicted octanol–water partition coefficient (Wildman–Crippen LogP) is 1.67. The number of hydrogen-bond donors (Lipinski definition) is 2. The van der Waals surface area contributed by atoms with Crippen molar-refractivity contribution in [2.45, 2.75) is 39.4 Å². The molecule has 0 aliphatic carbocycles. The number of aromatic nitrogens is 3. The minimum atomic E-state index is -0.261. The van der Waals surface area contributed by atoms with Gasteiger partial charge in [-0.15, -0.1) is 0 Å². The van der Waals surface area contributed by atoms with E-state index in [0.29, 0.717) is 24.9 Å². The van der Waals surface area contributed by atoms with Gasteiger partial charge in [0.1, 0.15) is 18.7 Å². The molecule has 2 rings (SSSR count). The molecule has 0 saturated carbocycles. The first kappa shape index (κ1) is 15.9. The molecule has 0 aliphatic heterocycles. The van der Waals surface area contributed by atoms with Gasteiger partial charge >= 0.3 is 0 Å². The lowest BCUT2D eigenvalue weighted by Gasteiger charge is -2.20. The molecule has 1 aromatic carbocycles. The van der Waals surface area contributed by atoms with Crippen LogP contribution < -0.4 is 11.1 Å². The zero-order valence-corrected chi connectivity index (χ0v) is 13.0. The third-order valence-corrected chi connectivity index (χ3v) is 2.71. The number of aliphatic imine (C=N–C) groups is 1. The number of guanidine groups is 1. The van der Waals surface area contributed by atoms with Crippen LogP contribution in [-0.2, 0) is 13.1 Å². The molecule has 22 heavy (non-hydrogen) atoms. The highest BCUT2D eigenvalue weighted by Crippen LogP contribution is 2.05. The summed E-state index contributed by atoms with van der Waals surface area (Å²) in [5, 5.41) is 7.36. The van der Waals surface area contributed by atoms with Crippen molar-refractivity contribution >= 4 is 5.96 Å². The largest absolute Gasteiger partial charge is 0.370 e. The molecule has 0 radical (unpaired) electrons. The second-order valence-electron chi connectivity index (χ2n) is 6.06. The van der Waals surface area contributed by atoms with Crippen LogP contribution in [0.15, 0.2) is 35.6 Å². The fourth-order valence-electron chi connectivity index (χ4n) is 1.88. The molecule has 0 aliphatic rings. The molecule has 1 heterocycles. The first-order valence-corrected chi connectivity index (χ1v) is 7.03. The second kappa shape index (κ2) is 6.55. The van der Waals surface area contributed by atoms with Crippen molar-refractivity contribution in [3.05, 3.63) is 47.8 Å². The lowest BCUT2D eigenvalue weighted by molar-refractivity contribution is 0.508. The van der Waals surface area contributed by atoms with Gasteiger partial charge in [-0.1, -0.05) is 12.1 Å². The lowest BCUT2D eigenvalue weighted by atomic mass is 10.1. The van der Waals surface area contributed by atoms with E-state index in [-0.39, 0.29) is 11.4 Å². The summed E-state index contributed by atoms with van der Waals surface area (Å²) < 4.78 is 14.8. The molecular weight excluding hydrogens is 283 g/mol. The van der Waals surface area contributed by atoms with E-state index < -0.39 is 0 Å². The van der Waals surface area contributed by atoms with Crippen LogP contribution in [0.1, 0.15) is 32.2 Å². The summed E-state index contributed by atoms with van der Waals surface area (Å²) in [6.45, 7) is 6.76. The van der Waals surface area contributed by atoms with Gasteiger partial charge in [-0.3, -0.25) is 0 Å². The lowest BCUT2D eigenvalue weighted by Crippen LogP contribution is -2.45. The molecule has 0 amide bonds. The van der Waals surface area contributed by atoms with Crippen LogP contribution in [0.4, 0.5) is 4.39 Å². The molecule has 3 N–H and O–H groups in total. The fourth-order valence-corrected chi connectivity index (χ4v) is 1.88. The van der Waals surface area contributed by atoms with Gasteiger partial charge in [0.15, 0.2) is 11.8 Å². The summed E-state index contributed by atoms with van der Waals surface area (Å²) in [7, 11) is 0. The van der Waals surface area contributed by atoms with Crippen LogP contribution in [-0.4, -0.2) is 26.3 Å². The Morgan fingerprint density at radius 3 is 2.86 bits per heavy atom. The molecule has 1 aromatic heterocycles. The summed E-state index contributed by atoms with van der Waals surface area (Å²) in [6.07, 6.45) is 1.60. The minimum Gasteiger partial charge on any atom is -0.370 e. The fraction of sp³-hybridized carbons (Fsp3) is 0.400. The normalized spacial score (nSPS) is 12.5. The monoisotopic (exact) mass is 304 g/mol. The number of benzene rings is 1. The van der Waals surface area contributed by atoms with E-state index in [4.69, 9.17) is 5.73 Å². The smallest absolute Gasteiger partial charge is 0.189 e. The van der Waals surface area contributed by atoms with Crippen LogP contribution in [0.3, 0.4) is 0 Å². The Hall–Kier alpha value is -2.44. The SMILES string of the molecule is CC(C)(C)NC(N)=NCc1ncn(Cc2cccc(F)c2)n1. The quantitative estimate of drug-likeness (QED) is 0.665. The van der Waals surface area contributed by atoms with Gasteiger partial charge in [0, 0.05) is 5.54 Å². The van der Waals surface area contributed by atoms with E-state index >= 15 is 0 Å². The molecule has 0 saturated heterocycles. The van der Waals surface area contributed by atoms with Crippen LogP contribution in [0, 0.1) is 5.82 Å². The molecule has 0 fully saturated rings. The Balaban J connectivity index is 1.95. The molecule has 0 spiro atoms. The van der Waals surface area contributed by atoms with E-state index in [9.17, 15) is 4.39 Å². The molecule has 0 atom stereocenters. The minimum absolute atomic E-state index is 0.141. The van der Waals surface area contributed by atoms with Gasteiger partial charge in [0.2, 0.25) is 0 Å². The zero-order chi connectivity index (χ0) is 16.2. The highest BCUT2D eigenvalue weighted by molar-refractivity contribution is 5.78. The van der Waals surface area contributed by atoms with E-state index in [1.807, 2.05) is 26.8 Å². The maximum absolute atomic E-state index is 13.1. The first-order chi connectivity index (χ1) is 10.3. The Morgan fingerprint density at radius 2 is 2.18 bits per heavy atom. The number of halogens is 1. The Kier molecular flexibility index (Phi) is 4.75. The second-order valence-corrected chi connectivity index (χ2v) is 6.06. The van der Waals surface area contributed by atoms with Crippen molar-refractivity contribution < 1.29 is 4.39 Å². The van der Waals surface area contributed by atoms with Gasteiger partial charge in [-0.2, -0.15) is 5.10 Å². The van der Waals surface area contributed by atoms with Crippen LogP contribution in [0.5, 0.6) is 0 Å². The molecule has 7 heteroatoms. The third kappa shape index (κ3) is 5.16. The molecule has 6 nitrogen and oxygen atoms in total. The predicted molar refractivity (Wildman–Crippen MR) is 83.7 cm³/mol. The maximum Gasteiger partial charge on any atom is 0.189 e. The third-order valence-electron chi connectivity index (χ3n) is 2.71. The number of hydrogen-bond acceptors (Lipinski definition) is 3. The van der Waals surface area contributed by atoms with Crippen LogP contribution in [0.25, 0.3) is 0 Å². The van der Waals surface area contributed by atoms with Crippen molar-refractivity contribution in [3.8, 4) is 0 Å².